The zero-order valence-corrected chi connectivity index (χ0v) is 14.0. The molecule has 2 aromatic carbocycles. The van der Waals surface area contributed by atoms with Crippen LogP contribution in [0.4, 0.5) is 0 Å². The smallest absolute Gasteiger partial charge is 0.0639 e. The van der Waals surface area contributed by atoms with E-state index in [2.05, 4.69) is 43.4 Å². The fourth-order valence-electron chi connectivity index (χ4n) is 2.57. The number of rotatable bonds is 6. The van der Waals surface area contributed by atoms with Crippen LogP contribution in [-0.4, -0.2) is 0 Å². The lowest BCUT2D eigenvalue weighted by atomic mass is 9.99. The van der Waals surface area contributed by atoms with Gasteiger partial charge in [-0.25, -0.2) is 0 Å². The third kappa shape index (κ3) is 4.23. The van der Waals surface area contributed by atoms with E-state index in [4.69, 9.17) is 23.2 Å². The van der Waals surface area contributed by atoms with Gasteiger partial charge in [-0.3, -0.25) is 0 Å². The van der Waals surface area contributed by atoms with Crippen LogP contribution in [0.5, 0.6) is 0 Å². The van der Waals surface area contributed by atoms with E-state index in [1.54, 1.807) is 0 Å². The molecular formula is C18H21Cl2N. The van der Waals surface area contributed by atoms with Gasteiger partial charge in [0.2, 0.25) is 0 Å². The summed E-state index contributed by atoms with van der Waals surface area (Å²) in [6, 6.07) is 16.8. The van der Waals surface area contributed by atoms with Crippen molar-refractivity contribution in [3.8, 4) is 0 Å². The highest BCUT2D eigenvalue weighted by Crippen LogP contribution is 2.31. The maximum Gasteiger partial charge on any atom is 0.0639 e. The van der Waals surface area contributed by atoms with Gasteiger partial charge in [-0.2, -0.15) is 0 Å². The van der Waals surface area contributed by atoms with Crippen LogP contribution in [0.25, 0.3) is 0 Å². The third-order valence-corrected chi connectivity index (χ3v) is 4.51. The van der Waals surface area contributed by atoms with E-state index < -0.39 is 0 Å². The normalized spacial score (nSPS) is 13.9. The zero-order valence-electron chi connectivity index (χ0n) is 12.4. The standard InChI is InChI=1S/C18H21Cl2N/c1-3-8-17(14-9-5-4-6-10-14)21-13(2)15-11-7-12-16(19)18(15)20/h4-7,9-13,17,21H,3,8H2,1-2H3. The molecule has 0 amide bonds. The summed E-state index contributed by atoms with van der Waals surface area (Å²) in [5, 5.41) is 4.92. The Labute approximate surface area is 137 Å². The van der Waals surface area contributed by atoms with Crippen molar-refractivity contribution < 1.29 is 0 Å². The maximum atomic E-state index is 6.32. The SMILES string of the molecule is CCCC(NC(C)c1cccc(Cl)c1Cl)c1ccccc1. The van der Waals surface area contributed by atoms with Crippen LogP contribution in [0.1, 0.15) is 49.9 Å². The lowest BCUT2D eigenvalue weighted by Crippen LogP contribution is -2.25. The molecule has 2 unspecified atom stereocenters. The van der Waals surface area contributed by atoms with Crippen molar-refractivity contribution in [1.82, 2.24) is 5.32 Å². The van der Waals surface area contributed by atoms with Crippen LogP contribution >= 0.6 is 23.2 Å². The minimum atomic E-state index is 0.146. The largest absolute Gasteiger partial charge is 0.303 e. The second kappa shape index (κ2) is 7.84. The summed E-state index contributed by atoms with van der Waals surface area (Å²) in [4.78, 5) is 0. The molecule has 112 valence electrons. The third-order valence-electron chi connectivity index (χ3n) is 3.68. The van der Waals surface area contributed by atoms with E-state index in [-0.39, 0.29) is 6.04 Å². The molecule has 0 bridgehead atoms. The van der Waals surface area contributed by atoms with Gasteiger partial charge in [0.25, 0.3) is 0 Å². The second-order valence-corrected chi connectivity index (χ2v) is 6.07. The molecule has 3 heteroatoms. The molecule has 2 rings (SSSR count). The van der Waals surface area contributed by atoms with Gasteiger partial charge in [-0.15, -0.1) is 0 Å². The molecule has 1 nitrogen and oxygen atoms in total. The minimum absolute atomic E-state index is 0.146. The molecule has 2 aromatic rings. The first-order chi connectivity index (χ1) is 10.1. The second-order valence-electron chi connectivity index (χ2n) is 5.28. The molecule has 0 aliphatic carbocycles. The quantitative estimate of drug-likeness (QED) is 0.669. The average molecular weight is 322 g/mol. The minimum Gasteiger partial charge on any atom is -0.303 e. The predicted octanol–water partition coefficient (Wildman–Crippen LogP) is 6.19. The number of halogens is 2. The van der Waals surface area contributed by atoms with Crippen molar-refractivity contribution in [1.29, 1.82) is 0 Å². The Hall–Kier alpha value is -1.02. The fraction of sp³-hybridized carbons (Fsp3) is 0.333. The number of benzene rings is 2. The van der Waals surface area contributed by atoms with Gasteiger partial charge in [0.1, 0.15) is 0 Å². The van der Waals surface area contributed by atoms with Crippen molar-refractivity contribution in [3.63, 3.8) is 0 Å². The van der Waals surface area contributed by atoms with Crippen molar-refractivity contribution in [2.45, 2.75) is 38.8 Å². The van der Waals surface area contributed by atoms with Crippen molar-refractivity contribution >= 4 is 23.2 Å². The molecule has 0 fully saturated rings. The zero-order chi connectivity index (χ0) is 15.2. The lowest BCUT2D eigenvalue weighted by molar-refractivity contribution is 0.439. The fourth-order valence-corrected chi connectivity index (χ4v) is 3.04. The monoisotopic (exact) mass is 321 g/mol. The first-order valence-corrected chi connectivity index (χ1v) is 8.14. The summed E-state index contributed by atoms with van der Waals surface area (Å²) in [6.45, 7) is 4.33. The molecule has 0 aromatic heterocycles. The molecule has 0 aliphatic rings. The molecular weight excluding hydrogens is 301 g/mol. The van der Waals surface area contributed by atoms with Crippen LogP contribution < -0.4 is 5.32 Å². The van der Waals surface area contributed by atoms with Gasteiger partial charge in [0.15, 0.2) is 0 Å². The van der Waals surface area contributed by atoms with Crippen LogP contribution in [0.3, 0.4) is 0 Å². The molecule has 0 radical (unpaired) electrons. The van der Waals surface area contributed by atoms with Gasteiger partial charge in [0, 0.05) is 12.1 Å². The van der Waals surface area contributed by atoms with Crippen LogP contribution in [0, 0.1) is 0 Å². The lowest BCUT2D eigenvalue weighted by Gasteiger charge is -2.24. The summed E-state index contributed by atoms with van der Waals surface area (Å²) in [5.74, 6) is 0. The first kappa shape index (κ1) is 16.4. The van der Waals surface area contributed by atoms with E-state index in [0.29, 0.717) is 16.1 Å². The maximum absolute atomic E-state index is 6.32. The van der Waals surface area contributed by atoms with Crippen molar-refractivity contribution in [2.75, 3.05) is 0 Å². The molecule has 21 heavy (non-hydrogen) atoms. The Bertz CT molecular complexity index is 569. The average Bonchev–Trinajstić information content (AvgIpc) is 2.50. The highest BCUT2D eigenvalue weighted by atomic mass is 35.5. The van der Waals surface area contributed by atoms with Gasteiger partial charge in [0.05, 0.1) is 10.0 Å². The van der Waals surface area contributed by atoms with Gasteiger partial charge in [-0.1, -0.05) is 79.0 Å². The van der Waals surface area contributed by atoms with E-state index in [0.717, 1.165) is 18.4 Å². The Morgan fingerprint density at radius 3 is 2.38 bits per heavy atom. The highest BCUT2D eigenvalue weighted by molar-refractivity contribution is 6.42. The number of hydrogen-bond donors (Lipinski definition) is 1. The highest BCUT2D eigenvalue weighted by Gasteiger charge is 2.17. The first-order valence-electron chi connectivity index (χ1n) is 7.38. The molecule has 0 spiro atoms. The van der Waals surface area contributed by atoms with E-state index >= 15 is 0 Å². The van der Waals surface area contributed by atoms with Crippen LogP contribution in [0.2, 0.25) is 10.0 Å². The van der Waals surface area contributed by atoms with Crippen LogP contribution in [-0.2, 0) is 0 Å². The number of hydrogen-bond acceptors (Lipinski definition) is 1. The Kier molecular flexibility index (Phi) is 6.10. The summed E-state index contributed by atoms with van der Waals surface area (Å²) >= 11 is 12.4. The summed E-state index contributed by atoms with van der Waals surface area (Å²) in [7, 11) is 0. The van der Waals surface area contributed by atoms with Gasteiger partial charge >= 0.3 is 0 Å². The Morgan fingerprint density at radius 1 is 1.00 bits per heavy atom. The molecule has 0 saturated carbocycles. The van der Waals surface area contributed by atoms with E-state index in [1.807, 2.05) is 24.3 Å². The van der Waals surface area contributed by atoms with Crippen molar-refractivity contribution in [3.05, 3.63) is 69.7 Å². The van der Waals surface area contributed by atoms with E-state index in [1.165, 1.54) is 5.56 Å². The summed E-state index contributed by atoms with van der Waals surface area (Å²) < 4.78 is 0. The molecule has 0 heterocycles. The molecule has 2 atom stereocenters. The predicted molar refractivity (Wildman–Crippen MR) is 92.1 cm³/mol. The molecule has 0 aliphatic heterocycles. The van der Waals surface area contributed by atoms with Gasteiger partial charge in [-0.05, 0) is 30.5 Å². The molecule has 0 saturated heterocycles. The molecule has 1 N–H and O–H groups in total. The topological polar surface area (TPSA) is 12.0 Å². The summed E-state index contributed by atoms with van der Waals surface area (Å²) in [6.07, 6.45) is 2.22. The number of nitrogens with one attached hydrogen (secondary N) is 1. The Morgan fingerprint density at radius 2 is 1.71 bits per heavy atom. The van der Waals surface area contributed by atoms with E-state index in [9.17, 15) is 0 Å². The van der Waals surface area contributed by atoms with Crippen molar-refractivity contribution in [2.24, 2.45) is 0 Å². The summed E-state index contributed by atoms with van der Waals surface area (Å²) in [5.41, 5.74) is 2.35. The Balaban J connectivity index is 2.19. The van der Waals surface area contributed by atoms with Crippen LogP contribution in [0.15, 0.2) is 48.5 Å². The van der Waals surface area contributed by atoms with Gasteiger partial charge < -0.3 is 5.32 Å².